The highest BCUT2D eigenvalue weighted by molar-refractivity contribution is 5.83. The molecule has 20 heavy (non-hydrogen) atoms. The number of nitrogens with one attached hydrogen (secondary N) is 2. The molecule has 116 valence electrons. The van der Waals surface area contributed by atoms with Gasteiger partial charge in [-0.3, -0.25) is 9.59 Å². The molecule has 0 aromatic rings. The number of carbonyl (C=O) groups is 2. The van der Waals surface area contributed by atoms with Crippen molar-refractivity contribution in [3.63, 3.8) is 0 Å². The molecule has 0 radical (unpaired) electrons. The van der Waals surface area contributed by atoms with Crippen molar-refractivity contribution in [2.24, 2.45) is 5.92 Å². The van der Waals surface area contributed by atoms with Gasteiger partial charge in [0.2, 0.25) is 0 Å². The molecular formula is C12H19F3N2O3. The SMILES string of the molecule is CC(C)(C)OC(=O)[C@@H]1CCNC[C@@H]1NC(=O)C(F)(F)F. The maximum atomic E-state index is 12.3. The first-order valence-corrected chi connectivity index (χ1v) is 6.32. The zero-order valence-corrected chi connectivity index (χ0v) is 11.6. The van der Waals surface area contributed by atoms with Gasteiger partial charge in [0.25, 0.3) is 0 Å². The van der Waals surface area contributed by atoms with E-state index in [0.29, 0.717) is 13.0 Å². The number of amides is 1. The molecule has 0 aromatic heterocycles. The molecule has 8 heteroatoms. The second kappa shape index (κ2) is 5.99. The van der Waals surface area contributed by atoms with E-state index in [2.05, 4.69) is 5.32 Å². The van der Waals surface area contributed by atoms with Crippen molar-refractivity contribution in [1.82, 2.24) is 10.6 Å². The zero-order valence-electron chi connectivity index (χ0n) is 11.6. The van der Waals surface area contributed by atoms with E-state index in [1.807, 2.05) is 5.32 Å². The van der Waals surface area contributed by atoms with Crippen LogP contribution in [0.3, 0.4) is 0 Å². The highest BCUT2D eigenvalue weighted by atomic mass is 19.4. The van der Waals surface area contributed by atoms with Gasteiger partial charge in [0.05, 0.1) is 12.0 Å². The Bertz CT molecular complexity index is 377. The molecule has 1 amide bonds. The first-order chi connectivity index (χ1) is 9.00. The van der Waals surface area contributed by atoms with Crippen LogP contribution >= 0.6 is 0 Å². The van der Waals surface area contributed by atoms with Crippen molar-refractivity contribution in [3.8, 4) is 0 Å². The lowest BCUT2D eigenvalue weighted by Gasteiger charge is -2.33. The molecule has 2 atom stereocenters. The van der Waals surface area contributed by atoms with Crippen LogP contribution in [0, 0.1) is 5.92 Å². The third-order valence-electron chi connectivity index (χ3n) is 2.77. The molecule has 1 heterocycles. The molecule has 2 N–H and O–H groups in total. The van der Waals surface area contributed by atoms with E-state index in [0.717, 1.165) is 0 Å². The van der Waals surface area contributed by atoms with Crippen molar-refractivity contribution in [1.29, 1.82) is 0 Å². The average Bonchev–Trinajstić information content (AvgIpc) is 2.25. The van der Waals surface area contributed by atoms with Crippen LogP contribution in [0.1, 0.15) is 27.2 Å². The number of hydrogen-bond donors (Lipinski definition) is 2. The van der Waals surface area contributed by atoms with Crippen LogP contribution in [0.25, 0.3) is 0 Å². The smallest absolute Gasteiger partial charge is 0.460 e. The van der Waals surface area contributed by atoms with E-state index in [9.17, 15) is 22.8 Å². The fourth-order valence-corrected chi connectivity index (χ4v) is 1.92. The monoisotopic (exact) mass is 296 g/mol. The number of rotatable bonds is 2. The lowest BCUT2D eigenvalue weighted by Crippen LogP contribution is -2.56. The Morgan fingerprint density at radius 3 is 2.35 bits per heavy atom. The zero-order chi connectivity index (χ0) is 15.6. The van der Waals surface area contributed by atoms with Crippen LogP contribution in [0.15, 0.2) is 0 Å². The van der Waals surface area contributed by atoms with E-state index in [1.54, 1.807) is 20.8 Å². The second-order valence-corrected chi connectivity index (χ2v) is 5.71. The van der Waals surface area contributed by atoms with Gasteiger partial charge in [-0.1, -0.05) is 0 Å². The summed E-state index contributed by atoms with van der Waals surface area (Å²) in [6.45, 7) is 5.62. The Morgan fingerprint density at radius 2 is 1.85 bits per heavy atom. The van der Waals surface area contributed by atoms with Crippen LogP contribution in [-0.2, 0) is 14.3 Å². The van der Waals surface area contributed by atoms with Crippen molar-refractivity contribution < 1.29 is 27.5 Å². The molecular weight excluding hydrogens is 277 g/mol. The molecule has 1 fully saturated rings. The average molecular weight is 296 g/mol. The summed E-state index contributed by atoms with van der Waals surface area (Å²) in [6, 6.07) is -0.923. The van der Waals surface area contributed by atoms with Gasteiger partial charge in [-0.2, -0.15) is 13.2 Å². The summed E-state index contributed by atoms with van der Waals surface area (Å²) in [5.74, 6) is -3.41. The van der Waals surface area contributed by atoms with Gasteiger partial charge in [0.15, 0.2) is 0 Å². The minimum Gasteiger partial charge on any atom is -0.460 e. The van der Waals surface area contributed by atoms with Crippen molar-refractivity contribution in [2.45, 2.75) is 45.0 Å². The minimum absolute atomic E-state index is 0.103. The molecule has 0 saturated carbocycles. The number of halogens is 3. The third kappa shape index (κ3) is 4.99. The lowest BCUT2D eigenvalue weighted by molar-refractivity contribution is -0.176. The van der Waals surface area contributed by atoms with Gasteiger partial charge in [-0.05, 0) is 33.7 Å². The highest BCUT2D eigenvalue weighted by Crippen LogP contribution is 2.21. The first kappa shape index (κ1) is 16.7. The molecule has 0 spiro atoms. The molecule has 1 saturated heterocycles. The predicted molar refractivity (Wildman–Crippen MR) is 64.8 cm³/mol. The fourth-order valence-electron chi connectivity index (χ4n) is 1.92. The molecule has 5 nitrogen and oxygen atoms in total. The largest absolute Gasteiger partial charge is 0.471 e. The quantitative estimate of drug-likeness (QED) is 0.746. The van der Waals surface area contributed by atoms with Crippen molar-refractivity contribution in [3.05, 3.63) is 0 Å². The molecule has 0 aliphatic carbocycles. The summed E-state index contributed by atoms with van der Waals surface area (Å²) in [4.78, 5) is 22.9. The van der Waals surface area contributed by atoms with Gasteiger partial charge < -0.3 is 15.4 Å². The molecule has 1 aliphatic rings. The predicted octanol–water partition coefficient (Wildman–Crippen LogP) is 0.985. The number of ether oxygens (including phenoxy) is 1. The number of hydrogen-bond acceptors (Lipinski definition) is 4. The van der Waals surface area contributed by atoms with Crippen LogP contribution in [-0.4, -0.2) is 42.8 Å². The maximum absolute atomic E-state index is 12.3. The van der Waals surface area contributed by atoms with Crippen molar-refractivity contribution >= 4 is 11.9 Å². The summed E-state index contributed by atoms with van der Waals surface area (Å²) in [7, 11) is 0. The maximum Gasteiger partial charge on any atom is 0.471 e. The number of piperidine rings is 1. The van der Waals surface area contributed by atoms with Gasteiger partial charge in [0.1, 0.15) is 5.60 Å². The lowest BCUT2D eigenvalue weighted by atomic mass is 9.92. The highest BCUT2D eigenvalue weighted by Gasteiger charge is 2.43. The molecule has 0 unspecified atom stereocenters. The van der Waals surface area contributed by atoms with Gasteiger partial charge in [-0.15, -0.1) is 0 Å². The first-order valence-electron chi connectivity index (χ1n) is 6.32. The van der Waals surface area contributed by atoms with E-state index < -0.39 is 35.6 Å². The Morgan fingerprint density at radius 1 is 1.25 bits per heavy atom. The summed E-state index contributed by atoms with van der Waals surface area (Å²) < 4.78 is 41.9. The topological polar surface area (TPSA) is 67.4 Å². The Balaban J connectivity index is 2.72. The van der Waals surface area contributed by atoms with Gasteiger partial charge in [-0.25, -0.2) is 0 Å². The standard InChI is InChI=1S/C12H19F3N2O3/c1-11(2,3)20-9(18)7-4-5-16-6-8(7)17-10(19)12(13,14)15/h7-8,16H,4-6H2,1-3H3,(H,17,19)/t7-,8+/m1/s1. The molecule has 1 rings (SSSR count). The van der Waals surface area contributed by atoms with E-state index >= 15 is 0 Å². The number of carbonyl (C=O) groups excluding carboxylic acids is 2. The van der Waals surface area contributed by atoms with Crippen LogP contribution in [0.5, 0.6) is 0 Å². The number of alkyl halides is 3. The normalized spacial score (nSPS) is 24.1. The van der Waals surface area contributed by atoms with Gasteiger partial charge in [0, 0.05) is 6.54 Å². The van der Waals surface area contributed by atoms with E-state index in [1.165, 1.54) is 0 Å². The summed E-state index contributed by atoms with van der Waals surface area (Å²) in [6.07, 6.45) is -4.65. The molecule has 0 aromatic carbocycles. The number of esters is 1. The minimum atomic E-state index is -4.96. The summed E-state index contributed by atoms with van der Waals surface area (Å²) in [5, 5.41) is 4.70. The van der Waals surface area contributed by atoms with Gasteiger partial charge >= 0.3 is 18.1 Å². The Hall–Kier alpha value is -1.31. The molecule has 0 bridgehead atoms. The third-order valence-corrected chi connectivity index (χ3v) is 2.77. The Labute approximate surface area is 115 Å². The second-order valence-electron chi connectivity index (χ2n) is 5.71. The fraction of sp³-hybridized carbons (Fsp3) is 0.833. The van der Waals surface area contributed by atoms with E-state index in [4.69, 9.17) is 4.74 Å². The van der Waals surface area contributed by atoms with Crippen LogP contribution in [0.4, 0.5) is 13.2 Å². The summed E-state index contributed by atoms with van der Waals surface area (Å²) in [5.41, 5.74) is -0.722. The van der Waals surface area contributed by atoms with E-state index in [-0.39, 0.29) is 6.54 Å². The van der Waals surface area contributed by atoms with Crippen LogP contribution in [0.2, 0.25) is 0 Å². The molecule has 1 aliphatic heterocycles. The Kier molecular flexibility index (Phi) is 5.01. The summed E-state index contributed by atoms with van der Waals surface area (Å²) >= 11 is 0. The van der Waals surface area contributed by atoms with Crippen LogP contribution < -0.4 is 10.6 Å². The van der Waals surface area contributed by atoms with Crippen molar-refractivity contribution in [2.75, 3.05) is 13.1 Å².